The molecule has 3 nitrogen and oxygen atoms in total. The highest BCUT2D eigenvalue weighted by Gasteiger charge is 2.16. The number of hydrogen-bond donors (Lipinski definition) is 0. The highest BCUT2D eigenvalue weighted by Crippen LogP contribution is 2.37. The molecule has 0 amide bonds. The fourth-order valence-electron chi connectivity index (χ4n) is 3.71. The van der Waals surface area contributed by atoms with Gasteiger partial charge >= 0.3 is 5.63 Å². The van der Waals surface area contributed by atoms with E-state index in [2.05, 4.69) is 36.4 Å². The number of furan rings is 1. The Morgan fingerprint density at radius 2 is 1.62 bits per heavy atom. The van der Waals surface area contributed by atoms with Crippen LogP contribution in [0.25, 0.3) is 43.8 Å². The summed E-state index contributed by atoms with van der Waals surface area (Å²) in [5.41, 5.74) is 4.94. The Balaban J connectivity index is 1.84. The molecule has 0 aliphatic heterocycles. The molecule has 0 aliphatic rings. The summed E-state index contributed by atoms with van der Waals surface area (Å²) in [5.74, 6) is 0. The summed E-state index contributed by atoms with van der Waals surface area (Å²) in [5, 5.41) is 4.38. The van der Waals surface area contributed by atoms with Crippen molar-refractivity contribution < 1.29 is 8.83 Å². The molecule has 26 heavy (non-hydrogen) atoms. The first-order valence-electron chi connectivity index (χ1n) is 8.56. The Morgan fingerprint density at radius 3 is 2.46 bits per heavy atom. The summed E-state index contributed by atoms with van der Waals surface area (Å²) in [7, 11) is 0. The van der Waals surface area contributed by atoms with Crippen molar-refractivity contribution in [2.75, 3.05) is 0 Å². The van der Waals surface area contributed by atoms with Crippen LogP contribution in [0.1, 0.15) is 11.1 Å². The van der Waals surface area contributed by atoms with E-state index in [-0.39, 0.29) is 5.63 Å². The molecular weight excluding hydrogens is 324 g/mol. The Morgan fingerprint density at radius 1 is 0.808 bits per heavy atom. The van der Waals surface area contributed by atoms with Gasteiger partial charge in [0.2, 0.25) is 0 Å². The van der Waals surface area contributed by atoms with Gasteiger partial charge in [-0.3, -0.25) is 0 Å². The molecular formula is C23H16O3. The first-order chi connectivity index (χ1) is 12.6. The molecule has 126 valence electrons. The monoisotopic (exact) mass is 340 g/mol. The quantitative estimate of drug-likeness (QED) is 0.353. The second-order valence-corrected chi connectivity index (χ2v) is 6.71. The summed E-state index contributed by atoms with van der Waals surface area (Å²) >= 11 is 0. The van der Waals surface area contributed by atoms with Gasteiger partial charge in [0.15, 0.2) is 0 Å². The first-order valence-corrected chi connectivity index (χ1v) is 8.56. The molecule has 3 heteroatoms. The number of rotatable bonds is 1. The Hall–Kier alpha value is -3.33. The lowest BCUT2D eigenvalue weighted by atomic mass is 9.98. The van der Waals surface area contributed by atoms with Crippen LogP contribution in [0.15, 0.2) is 74.5 Å². The average Bonchev–Trinajstić information content (AvgIpc) is 3.07. The van der Waals surface area contributed by atoms with E-state index in [1.165, 1.54) is 16.8 Å². The lowest BCUT2D eigenvalue weighted by molar-refractivity contribution is 0.555. The van der Waals surface area contributed by atoms with Crippen molar-refractivity contribution >= 4 is 32.7 Å². The third kappa shape index (κ3) is 2.10. The zero-order chi connectivity index (χ0) is 17.8. The van der Waals surface area contributed by atoms with Gasteiger partial charge < -0.3 is 8.83 Å². The van der Waals surface area contributed by atoms with Gasteiger partial charge in [0, 0.05) is 28.0 Å². The van der Waals surface area contributed by atoms with E-state index < -0.39 is 0 Å². The van der Waals surface area contributed by atoms with Crippen molar-refractivity contribution in [3.63, 3.8) is 0 Å². The van der Waals surface area contributed by atoms with E-state index in [1.807, 2.05) is 26.0 Å². The predicted molar refractivity (Wildman–Crippen MR) is 105 cm³/mol. The van der Waals surface area contributed by atoms with E-state index in [9.17, 15) is 4.79 Å². The Bertz CT molecular complexity index is 1370. The molecule has 5 rings (SSSR count). The van der Waals surface area contributed by atoms with Gasteiger partial charge in [-0.25, -0.2) is 4.79 Å². The highest BCUT2D eigenvalue weighted by atomic mass is 16.4. The fraction of sp³-hybridized carbons (Fsp3) is 0.0870. The molecule has 0 bridgehead atoms. The summed E-state index contributed by atoms with van der Waals surface area (Å²) in [4.78, 5) is 11.7. The smallest absolute Gasteiger partial charge is 0.336 e. The summed E-state index contributed by atoms with van der Waals surface area (Å²) in [6.45, 7) is 3.86. The second-order valence-electron chi connectivity index (χ2n) is 6.71. The van der Waals surface area contributed by atoms with Crippen LogP contribution in [0.2, 0.25) is 0 Å². The largest absolute Gasteiger partial charge is 0.463 e. The third-order valence-electron chi connectivity index (χ3n) is 5.07. The molecule has 2 heterocycles. The van der Waals surface area contributed by atoms with Crippen molar-refractivity contribution in [2.24, 2.45) is 0 Å². The van der Waals surface area contributed by atoms with Crippen LogP contribution in [0.4, 0.5) is 0 Å². The van der Waals surface area contributed by atoms with E-state index in [0.717, 1.165) is 38.6 Å². The maximum absolute atomic E-state index is 11.7. The zero-order valence-electron chi connectivity index (χ0n) is 14.5. The van der Waals surface area contributed by atoms with Gasteiger partial charge in [0.05, 0.1) is 6.26 Å². The topological polar surface area (TPSA) is 43.4 Å². The number of fused-ring (bicyclic) bond motifs is 3. The first kappa shape index (κ1) is 15.0. The molecule has 0 saturated heterocycles. The SMILES string of the molecule is Cc1cc(=O)oc2c(C)c3occ(-c4ccc5ccccc5c4)c3cc12. The molecule has 0 spiro atoms. The van der Waals surface area contributed by atoms with Crippen molar-refractivity contribution in [2.45, 2.75) is 13.8 Å². The van der Waals surface area contributed by atoms with Crippen molar-refractivity contribution in [3.05, 3.63) is 82.4 Å². The minimum Gasteiger partial charge on any atom is -0.463 e. The van der Waals surface area contributed by atoms with Gasteiger partial charge in [-0.1, -0.05) is 36.4 Å². The number of hydrogen-bond acceptors (Lipinski definition) is 3. The van der Waals surface area contributed by atoms with Crippen LogP contribution in [0, 0.1) is 13.8 Å². The second kappa shape index (κ2) is 5.33. The van der Waals surface area contributed by atoms with Crippen LogP contribution in [0.5, 0.6) is 0 Å². The Kier molecular flexibility index (Phi) is 3.07. The van der Waals surface area contributed by atoms with Gasteiger partial charge in [0.1, 0.15) is 11.2 Å². The summed E-state index contributed by atoms with van der Waals surface area (Å²) < 4.78 is 11.3. The average molecular weight is 340 g/mol. The maximum atomic E-state index is 11.7. The molecule has 0 radical (unpaired) electrons. The fourth-order valence-corrected chi connectivity index (χ4v) is 3.71. The molecule has 0 fully saturated rings. The molecule has 5 aromatic rings. The van der Waals surface area contributed by atoms with E-state index >= 15 is 0 Å². The van der Waals surface area contributed by atoms with Crippen LogP contribution in [-0.4, -0.2) is 0 Å². The molecule has 0 saturated carbocycles. The normalized spacial score (nSPS) is 11.6. The van der Waals surface area contributed by atoms with Crippen LogP contribution in [-0.2, 0) is 0 Å². The van der Waals surface area contributed by atoms with Crippen molar-refractivity contribution in [1.29, 1.82) is 0 Å². The summed E-state index contributed by atoms with van der Waals surface area (Å²) in [6, 6.07) is 18.3. The third-order valence-corrected chi connectivity index (χ3v) is 5.07. The van der Waals surface area contributed by atoms with E-state index in [4.69, 9.17) is 8.83 Å². The minimum absolute atomic E-state index is 0.334. The van der Waals surface area contributed by atoms with Crippen LogP contribution < -0.4 is 5.63 Å². The number of aryl methyl sites for hydroxylation is 2. The summed E-state index contributed by atoms with van der Waals surface area (Å²) in [6.07, 6.45) is 1.79. The van der Waals surface area contributed by atoms with Crippen LogP contribution >= 0.6 is 0 Å². The van der Waals surface area contributed by atoms with Crippen molar-refractivity contribution in [1.82, 2.24) is 0 Å². The highest BCUT2D eigenvalue weighted by molar-refractivity contribution is 6.05. The lowest BCUT2D eigenvalue weighted by Crippen LogP contribution is -1.99. The molecule has 0 aliphatic carbocycles. The van der Waals surface area contributed by atoms with Gasteiger partial charge in [0.25, 0.3) is 0 Å². The minimum atomic E-state index is -0.334. The Labute approximate surface area is 149 Å². The van der Waals surface area contributed by atoms with Crippen molar-refractivity contribution in [3.8, 4) is 11.1 Å². The number of benzene rings is 3. The predicted octanol–water partition coefficient (Wildman–Crippen LogP) is 5.98. The standard InChI is InChI=1S/C23H16O3/c1-13-9-21(24)26-23-14(2)22-19(11-18(13)23)20(12-25-22)17-8-7-15-5-3-4-6-16(15)10-17/h3-12H,1-2H3. The molecule has 3 aromatic carbocycles. The van der Waals surface area contributed by atoms with Crippen LogP contribution in [0.3, 0.4) is 0 Å². The molecule has 0 N–H and O–H groups in total. The molecule has 0 atom stereocenters. The van der Waals surface area contributed by atoms with Gasteiger partial charge in [-0.2, -0.15) is 0 Å². The molecule has 0 unspecified atom stereocenters. The molecule has 2 aromatic heterocycles. The van der Waals surface area contributed by atoms with Gasteiger partial charge in [-0.05, 0) is 47.9 Å². The van der Waals surface area contributed by atoms with E-state index in [0.29, 0.717) is 5.58 Å². The van der Waals surface area contributed by atoms with E-state index in [1.54, 1.807) is 6.26 Å². The zero-order valence-corrected chi connectivity index (χ0v) is 14.5. The van der Waals surface area contributed by atoms with Gasteiger partial charge in [-0.15, -0.1) is 0 Å². The maximum Gasteiger partial charge on any atom is 0.336 e. The lowest BCUT2D eigenvalue weighted by Gasteiger charge is -2.06.